The second kappa shape index (κ2) is 3.87. The van der Waals surface area contributed by atoms with E-state index in [1.165, 1.54) is 6.33 Å². The summed E-state index contributed by atoms with van der Waals surface area (Å²) in [6.45, 7) is 1.69. The Hall–Kier alpha value is -1.77. The maximum Gasteiger partial charge on any atom is 0.155 e. The van der Waals surface area contributed by atoms with Gasteiger partial charge in [0.15, 0.2) is 11.3 Å². The molecule has 0 radical (unpaired) electrons. The number of nitrogens with two attached hydrogens (primary N) is 1. The highest BCUT2D eigenvalue weighted by Gasteiger charge is 2.42. The molecule has 0 amide bonds. The summed E-state index contributed by atoms with van der Waals surface area (Å²) in [5.74, 6) is 0.253. The number of aliphatic hydroxyl groups is 2. The van der Waals surface area contributed by atoms with E-state index in [4.69, 9.17) is 10.5 Å². The summed E-state index contributed by atoms with van der Waals surface area (Å²) < 4.78 is 5.51. The molecular weight excluding hydrogens is 238 g/mol. The predicted molar refractivity (Wildman–Crippen MR) is 61.4 cm³/mol. The van der Waals surface area contributed by atoms with Crippen molar-refractivity contribution in [2.24, 2.45) is 0 Å². The molecule has 0 spiro atoms. The van der Waals surface area contributed by atoms with Gasteiger partial charge in [-0.1, -0.05) is 0 Å². The number of nitrogens with zero attached hydrogens (tertiary/aromatic N) is 3. The van der Waals surface area contributed by atoms with Crippen molar-refractivity contribution in [2.75, 3.05) is 5.73 Å². The van der Waals surface area contributed by atoms with E-state index in [1.807, 2.05) is 0 Å². The first-order chi connectivity index (χ1) is 8.59. The van der Waals surface area contributed by atoms with Crippen LogP contribution in [0.3, 0.4) is 0 Å². The van der Waals surface area contributed by atoms with Crippen LogP contribution in [0.4, 0.5) is 5.82 Å². The molecule has 2 aromatic rings. The van der Waals surface area contributed by atoms with E-state index in [2.05, 4.69) is 20.2 Å². The van der Waals surface area contributed by atoms with Crippen LogP contribution in [-0.4, -0.2) is 48.7 Å². The average molecular weight is 251 g/mol. The lowest BCUT2D eigenvalue weighted by atomic mass is 10.1. The molecule has 0 aliphatic carbocycles. The first kappa shape index (κ1) is 11.3. The van der Waals surface area contributed by atoms with Gasteiger partial charge in [0.2, 0.25) is 0 Å². The molecule has 96 valence electrons. The summed E-state index contributed by atoms with van der Waals surface area (Å²) in [5, 5.41) is 26.4. The summed E-state index contributed by atoms with van der Waals surface area (Å²) >= 11 is 0. The van der Waals surface area contributed by atoms with Gasteiger partial charge in [0, 0.05) is 0 Å². The number of aromatic nitrogens is 4. The molecule has 0 unspecified atom stereocenters. The van der Waals surface area contributed by atoms with Crippen LogP contribution in [0.5, 0.6) is 0 Å². The van der Waals surface area contributed by atoms with E-state index in [1.54, 1.807) is 6.92 Å². The van der Waals surface area contributed by atoms with Crippen LogP contribution >= 0.6 is 0 Å². The second-order valence-electron chi connectivity index (χ2n) is 4.34. The van der Waals surface area contributed by atoms with E-state index < -0.39 is 24.4 Å². The zero-order valence-corrected chi connectivity index (χ0v) is 9.61. The Labute approximate surface area is 102 Å². The average Bonchev–Trinajstić information content (AvgIpc) is 2.88. The molecule has 1 saturated heterocycles. The number of rotatable bonds is 1. The molecule has 3 rings (SSSR count). The number of aliphatic hydroxyl groups excluding tert-OH is 2. The van der Waals surface area contributed by atoms with Crippen LogP contribution in [0.2, 0.25) is 0 Å². The number of H-pyrrole nitrogens is 1. The van der Waals surface area contributed by atoms with Crippen LogP contribution in [-0.2, 0) is 4.74 Å². The van der Waals surface area contributed by atoms with Gasteiger partial charge in [0.25, 0.3) is 0 Å². The van der Waals surface area contributed by atoms with Crippen molar-refractivity contribution in [2.45, 2.75) is 31.3 Å². The second-order valence-corrected chi connectivity index (χ2v) is 4.34. The third kappa shape index (κ3) is 1.47. The summed E-state index contributed by atoms with van der Waals surface area (Å²) in [6, 6.07) is 0. The summed E-state index contributed by atoms with van der Waals surface area (Å²) in [4.78, 5) is 7.90. The van der Waals surface area contributed by atoms with Crippen LogP contribution in [0.25, 0.3) is 11.0 Å². The van der Waals surface area contributed by atoms with Crippen molar-refractivity contribution in [3.8, 4) is 0 Å². The van der Waals surface area contributed by atoms with Gasteiger partial charge in [-0.2, -0.15) is 5.10 Å². The van der Waals surface area contributed by atoms with Gasteiger partial charge in [-0.25, -0.2) is 9.97 Å². The van der Waals surface area contributed by atoms with Crippen molar-refractivity contribution in [3.63, 3.8) is 0 Å². The molecule has 2 aromatic heterocycles. The SMILES string of the molecule is C[C@H]1O[C@@H](c2[nH]nc3c(N)ncnc23)[C@H](O)[C@@H]1O. The lowest BCUT2D eigenvalue weighted by Gasteiger charge is -2.12. The van der Waals surface area contributed by atoms with Gasteiger partial charge in [-0.05, 0) is 6.92 Å². The highest BCUT2D eigenvalue weighted by Crippen LogP contribution is 2.35. The Kier molecular flexibility index (Phi) is 2.44. The minimum absolute atomic E-state index is 0.253. The fourth-order valence-electron chi connectivity index (χ4n) is 2.15. The zero-order chi connectivity index (χ0) is 12.9. The molecular formula is C10H13N5O3. The molecule has 4 atom stereocenters. The molecule has 0 saturated carbocycles. The molecule has 0 aromatic carbocycles. The van der Waals surface area contributed by atoms with Crippen molar-refractivity contribution >= 4 is 16.9 Å². The van der Waals surface area contributed by atoms with Gasteiger partial charge >= 0.3 is 0 Å². The first-order valence-electron chi connectivity index (χ1n) is 5.55. The van der Waals surface area contributed by atoms with Crippen molar-refractivity contribution in [3.05, 3.63) is 12.0 Å². The quantitative estimate of drug-likeness (QED) is 0.517. The monoisotopic (exact) mass is 251 g/mol. The number of hydrogen-bond acceptors (Lipinski definition) is 7. The van der Waals surface area contributed by atoms with E-state index in [0.29, 0.717) is 16.7 Å². The highest BCUT2D eigenvalue weighted by atomic mass is 16.5. The lowest BCUT2D eigenvalue weighted by molar-refractivity contribution is 0.0132. The minimum Gasteiger partial charge on any atom is -0.388 e. The van der Waals surface area contributed by atoms with Gasteiger partial charge in [-0.3, -0.25) is 5.10 Å². The van der Waals surface area contributed by atoms with Crippen molar-refractivity contribution in [1.29, 1.82) is 0 Å². The molecule has 18 heavy (non-hydrogen) atoms. The first-order valence-corrected chi connectivity index (χ1v) is 5.55. The van der Waals surface area contributed by atoms with E-state index in [0.717, 1.165) is 0 Å². The van der Waals surface area contributed by atoms with Gasteiger partial charge in [0.05, 0.1) is 11.8 Å². The Balaban J connectivity index is 2.08. The summed E-state index contributed by atoms with van der Waals surface area (Å²) in [6.07, 6.45) is -1.80. The van der Waals surface area contributed by atoms with Crippen molar-refractivity contribution < 1.29 is 14.9 Å². The Morgan fingerprint density at radius 1 is 1.28 bits per heavy atom. The number of nitrogens with one attached hydrogen (secondary N) is 1. The topological polar surface area (TPSA) is 130 Å². The summed E-state index contributed by atoms with van der Waals surface area (Å²) in [5.41, 5.74) is 7.09. The molecule has 3 heterocycles. The van der Waals surface area contributed by atoms with Gasteiger partial charge in [-0.15, -0.1) is 0 Å². The molecule has 1 fully saturated rings. The van der Waals surface area contributed by atoms with E-state index >= 15 is 0 Å². The Morgan fingerprint density at radius 3 is 2.72 bits per heavy atom. The Morgan fingerprint density at radius 2 is 2.06 bits per heavy atom. The predicted octanol–water partition coefficient (Wildman–Crippen LogP) is -0.883. The molecule has 1 aliphatic rings. The number of ether oxygens (including phenoxy) is 1. The number of aromatic amines is 1. The maximum atomic E-state index is 9.93. The third-order valence-corrected chi connectivity index (χ3v) is 3.18. The van der Waals surface area contributed by atoms with Crippen LogP contribution in [0.1, 0.15) is 18.7 Å². The number of nitrogen functional groups attached to an aromatic ring is 1. The molecule has 1 aliphatic heterocycles. The molecule has 8 nitrogen and oxygen atoms in total. The van der Waals surface area contributed by atoms with Gasteiger partial charge < -0.3 is 20.7 Å². The Bertz CT molecular complexity index is 586. The number of anilines is 1. The maximum absolute atomic E-state index is 9.93. The number of fused-ring (bicyclic) bond motifs is 1. The largest absolute Gasteiger partial charge is 0.388 e. The summed E-state index contributed by atoms with van der Waals surface area (Å²) in [7, 11) is 0. The van der Waals surface area contributed by atoms with Crippen LogP contribution < -0.4 is 5.73 Å². The molecule has 0 bridgehead atoms. The molecule has 8 heteroatoms. The minimum atomic E-state index is -1.03. The standard InChI is InChI=1S/C10H13N5O3/c1-3-7(16)8(17)9(18-3)5-4-6(15-14-5)10(11)13-2-12-4/h2-3,7-9,16-17H,1H3,(H,14,15)(H2,11,12,13)/t3-,7-,8-,9+/m1/s1. The fourth-order valence-corrected chi connectivity index (χ4v) is 2.15. The van der Waals surface area contributed by atoms with Crippen LogP contribution in [0, 0.1) is 0 Å². The van der Waals surface area contributed by atoms with Crippen LogP contribution in [0.15, 0.2) is 6.33 Å². The third-order valence-electron chi connectivity index (χ3n) is 3.18. The zero-order valence-electron chi connectivity index (χ0n) is 9.61. The fraction of sp³-hybridized carbons (Fsp3) is 0.500. The highest BCUT2D eigenvalue weighted by molar-refractivity contribution is 5.85. The lowest BCUT2D eigenvalue weighted by Crippen LogP contribution is -2.28. The van der Waals surface area contributed by atoms with E-state index in [9.17, 15) is 10.2 Å². The van der Waals surface area contributed by atoms with E-state index in [-0.39, 0.29) is 5.82 Å². The normalized spacial score (nSPS) is 32.2. The molecule has 5 N–H and O–H groups in total. The van der Waals surface area contributed by atoms with Gasteiger partial charge in [0.1, 0.15) is 30.2 Å². The van der Waals surface area contributed by atoms with Crippen molar-refractivity contribution in [1.82, 2.24) is 20.2 Å². The number of hydrogen-bond donors (Lipinski definition) is 4. The smallest absolute Gasteiger partial charge is 0.155 e.